The second kappa shape index (κ2) is 3.51. The van der Waals surface area contributed by atoms with Gasteiger partial charge in [0.05, 0.1) is 0 Å². The third-order valence-electron chi connectivity index (χ3n) is 1.27. The molecule has 3 N–H and O–H groups in total. The molecule has 0 amide bonds. The van der Waals surface area contributed by atoms with Crippen molar-refractivity contribution in [2.45, 2.75) is 26.1 Å². The van der Waals surface area contributed by atoms with Gasteiger partial charge in [-0.1, -0.05) is 13.8 Å². The number of hydrogen-bond donors (Lipinski definition) is 2. The minimum Gasteiger partial charge on any atom is -0.480 e. The van der Waals surface area contributed by atoms with E-state index in [1.165, 1.54) is 0 Å². The average molecular weight is 149 g/mol. The van der Waals surface area contributed by atoms with Crippen LogP contribution in [0.25, 0.3) is 0 Å². The van der Waals surface area contributed by atoms with Crippen LogP contribution in [-0.2, 0) is 4.79 Å². The fraction of sp³-hybridized carbons (Fsp3) is 0.833. The molecule has 0 aliphatic heterocycles. The minimum atomic E-state index is -1.46. The number of alkyl halides is 1. The van der Waals surface area contributed by atoms with E-state index in [1.54, 1.807) is 13.8 Å². The molecule has 0 aromatic rings. The topological polar surface area (TPSA) is 63.3 Å². The number of nitrogens with two attached hydrogens (primary N) is 1. The molecule has 0 aliphatic rings. The summed E-state index contributed by atoms with van der Waals surface area (Å²) < 4.78 is 12.7. The van der Waals surface area contributed by atoms with Crippen LogP contribution in [0.3, 0.4) is 0 Å². The second-order valence-electron chi connectivity index (χ2n) is 2.55. The number of aliphatic carboxylic acids is 1. The molecular formula is C6H12FNO2. The van der Waals surface area contributed by atoms with Gasteiger partial charge in [-0.15, -0.1) is 0 Å². The number of carboxylic acid groups (broad SMARTS) is 1. The maximum Gasteiger partial charge on any atom is 0.323 e. The van der Waals surface area contributed by atoms with Crippen LogP contribution in [0, 0.1) is 5.92 Å². The van der Waals surface area contributed by atoms with Gasteiger partial charge in [0.1, 0.15) is 12.2 Å². The van der Waals surface area contributed by atoms with E-state index < -0.39 is 18.2 Å². The predicted octanol–water partition coefficient (Wildman–Crippen LogP) is 0.392. The van der Waals surface area contributed by atoms with Crippen LogP contribution in [0.5, 0.6) is 0 Å². The van der Waals surface area contributed by atoms with Crippen LogP contribution in [0.4, 0.5) is 4.39 Å². The average Bonchev–Trinajstić information content (AvgIpc) is 1.84. The van der Waals surface area contributed by atoms with Crippen molar-refractivity contribution in [3.8, 4) is 0 Å². The molecule has 1 unspecified atom stereocenters. The molecule has 0 bridgehead atoms. The van der Waals surface area contributed by atoms with Crippen LogP contribution in [-0.4, -0.2) is 23.3 Å². The highest BCUT2D eigenvalue weighted by Gasteiger charge is 2.26. The highest BCUT2D eigenvalue weighted by molar-refractivity contribution is 5.73. The SMILES string of the molecule is CC(C)C(F)[C@H](N)C(=O)O. The predicted molar refractivity (Wildman–Crippen MR) is 35.3 cm³/mol. The first kappa shape index (κ1) is 9.36. The number of carbonyl (C=O) groups is 1. The highest BCUT2D eigenvalue weighted by Crippen LogP contribution is 2.08. The Balaban J connectivity index is 3.94. The molecule has 10 heavy (non-hydrogen) atoms. The van der Waals surface area contributed by atoms with Gasteiger partial charge in [-0.3, -0.25) is 4.79 Å². The van der Waals surface area contributed by atoms with E-state index in [0.29, 0.717) is 0 Å². The first-order chi connectivity index (χ1) is 4.46. The van der Waals surface area contributed by atoms with Gasteiger partial charge >= 0.3 is 5.97 Å². The first-order valence-electron chi connectivity index (χ1n) is 3.09. The molecule has 2 atom stereocenters. The van der Waals surface area contributed by atoms with Crippen molar-refractivity contribution < 1.29 is 14.3 Å². The van der Waals surface area contributed by atoms with E-state index in [9.17, 15) is 9.18 Å². The lowest BCUT2D eigenvalue weighted by Crippen LogP contribution is -2.41. The Morgan fingerprint density at radius 3 is 2.10 bits per heavy atom. The maximum absolute atomic E-state index is 12.7. The highest BCUT2D eigenvalue weighted by atomic mass is 19.1. The van der Waals surface area contributed by atoms with Crippen LogP contribution in [0.1, 0.15) is 13.8 Å². The molecule has 0 aromatic heterocycles. The summed E-state index contributed by atoms with van der Waals surface area (Å²) in [6.07, 6.45) is -1.46. The Morgan fingerprint density at radius 1 is 1.60 bits per heavy atom. The van der Waals surface area contributed by atoms with Gasteiger partial charge in [0.25, 0.3) is 0 Å². The van der Waals surface area contributed by atoms with E-state index in [-0.39, 0.29) is 5.92 Å². The van der Waals surface area contributed by atoms with Crippen molar-refractivity contribution in [3.63, 3.8) is 0 Å². The molecular weight excluding hydrogens is 137 g/mol. The van der Waals surface area contributed by atoms with Crippen molar-refractivity contribution in [3.05, 3.63) is 0 Å². The van der Waals surface area contributed by atoms with Gasteiger partial charge in [-0.05, 0) is 5.92 Å². The lowest BCUT2D eigenvalue weighted by Gasteiger charge is -2.15. The molecule has 3 nitrogen and oxygen atoms in total. The molecule has 0 saturated carbocycles. The van der Waals surface area contributed by atoms with Gasteiger partial charge in [-0.2, -0.15) is 0 Å². The third kappa shape index (κ3) is 2.31. The Bertz CT molecular complexity index is 127. The number of halogens is 1. The monoisotopic (exact) mass is 149 g/mol. The smallest absolute Gasteiger partial charge is 0.323 e. The summed E-state index contributed by atoms with van der Waals surface area (Å²) in [4.78, 5) is 10.1. The van der Waals surface area contributed by atoms with Crippen LogP contribution < -0.4 is 5.73 Å². The summed E-state index contributed by atoms with van der Waals surface area (Å²) in [7, 11) is 0. The maximum atomic E-state index is 12.7. The van der Waals surface area contributed by atoms with Crippen molar-refractivity contribution in [1.82, 2.24) is 0 Å². The molecule has 0 rings (SSSR count). The van der Waals surface area contributed by atoms with E-state index in [0.717, 1.165) is 0 Å². The van der Waals surface area contributed by atoms with Crippen molar-refractivity contribution in [2.24, 2.45) is 11.7 Å². The van der Waals surface area contributed by atoms with Gasteiger partial charge in [0.2, 0.25) is 0 Å². The van der Waals surface area contributed by atoms with Crippen LogP contribution in [0.2, 0.25) is 0 Å². The Labute approximate surface area is 59.0 Å². The molecule has 0 heterocycles. The van der Waals surface area contributed by atoms with Crippen LogP contribution in [0.15, 0.2) is 0 Å². The molecule has 0 spiro atoms. The number of carboxylic acids is 1. The van der Waals surface area contributed by atoms with Crippen molar-refractivity contribution in [2.75, 3.05) is 0 Å². The zero-order valence-electron chi connectivity index (χ0n) is 6.04. The fourth-order valence-electron chi connectivity index (χ4n) is 0.551. The van der Waals surface area contributed by atoms with E-state index in [1.807, 2.05) is 0 Å². The molecule has 0 aromatic carbocycles. The van der Waals surface area contributed by atoms with E-state index in [2.05, 4.69) is 0 Å². The van der Waals surface area contributed by atoms with E-state index in [4.69, 9.17) is 10.8 Å². The summed E-state index contributed by atoms with van der Waals surface area (Å²) in [5.41, 5.74) is 4.99. The zero-order chi connectivity index (χ0) is 8.31. The standard InChI is InChI=1S/C6H12FNO2/c1-3(2)4(7)5(8)6(9)10/h3-5H,8H2,1-2H3,(H,9,10)/t4?,5-/m0/s1. The molecule has 60 valence electrons. The largest absolute Gasteiger partial charge is 0.480 e. The van der Waals surface area contributed by atoms with Crippen molar-refractivity contribution in [1.29, 1.82) is 0 Å². The molecule has 0 fully saturated rings. The quantitative estimate of drug-likeness (QED) is 0.610. The van der Waals surface area contributed by atoms with Gasteiger partial charge in [0.15, 0.2) is 0 Å². The Morgan fingerprint density at radius 2 is 2.00 bits per heavy atom. The zero-order valence-corrected chi connectivity index (χ0v) is 6.04. The third-order valence-corrected chi connectivity index (χ3v) is 1.27. The normalized spacial score (nSPS) is 16.9. The minimum absolute atomic E-state index is 0.342. The van der Waals surface area contributed by atoms with Gasteiger partial charge in [0, 0.05) is 0 Å². The van der Waals surface area contributed by atoms with Crippen molar-refractivity contribution >= 4 is 5.97 Å². The van der Waals surface area contributed by atoms with Crippen LogP contribution >= 0.6 is 0 Å². The number of hydrogen-bond acceptors (Lipinski definition) is 2. The second-order valence-corrected chi connectivity index (χ2v) is 2.55. The Hall–Kier alpha value is -0.640. The fourth-order valence-corrected chi connectivity index (χ4v) is 0.551. The van der Waals surface area contributed by atoms with Gasteiger partial charge < -0.3 is 10.8 Å². The lowest BCUT2D eigenvalue weighted by atomic mass is 10.0. The number of rotatable bonds is 3. The molecule has 4 heteroatoms. The van der Waals surface area contributed by atoms with Gasteiger partial charge in [-0.25, -0.2) is 4.39 Å². The van der Waals surface area contributed by atoms with E-state index >= 15 is 0 Å². The molecule has 0 radical (unpaired) electrons. The summed E-state index contributed by atoms with van der Waals surface area (Å²) in [6.45, 7) is 3.18. The summed E-state index contributed by atoms with van der Waals surface area (Å²) >= 11 is 0. The summed E-state index contributed by atoms with van der Waals surface area (Å²) in [6, 6.07) is -1.39. The summed E-state index contributed by atoms with van der Waals surface area (Å²) in [5.74, 6) is -1.63. The molecule has 0 aliphatic carbocycles. The lowest BCUT2D eigenvalue weighted by molar-refractivity contribution is -0.140. The Kier molecular flexibility index (Phi) is 3.28. The summed E-state index contributed by atoms with van der Waals surface area (Å²) in [5, 5.41) is 8.24. The molecule has 0 saturated heterocycles. The first-order valence-corrected chi connectivity index (χ1v) is 3.09.